The van der Waals surface area contributed by atoms with E-state index < -0.39 is 0 Å². The van der Waals surface area contributed by atoms with Crippen molar-refractivity contribution in [2.24, 2.45) is 5.92 Å². The van der Waals surface area contributed by atoms with Gasteiger partial charge in [0.25, 0.3) is 5.91 Å². The zero-order valence-corrected chi connectivity index (χ0v) is 21.3. The lowest BCUT2D eigenvalue weighted by Crippen LogP contribution is -2.58. The number of morpholine rings is 1. The van der Waals surface area contributed by atoms with E-state index in [1.54, 1.807) is 0 Å². The number of nitrogens with one attached hydrogen (secondary N) is 1. The molecule has 7 nitrogen and oxygen atoms in total. The molecule has 1 atom stereocenters. The molecule has 0 unspecified atom stereocenters. The van der Waals surface area contributed by atoms with Crippen molar-refractivity contribution in [1.82, 2.24) is 15.1 Å². The van der Waals surface area contributed by atoms with Crippen molar-refractivity contribution in [3.05, 3.63) is 29.8 Å². The lowest BCUT2D eigenvalue weighted by Gasteiger charge is -2.45. The highest BCUT2D eigenvalue weighted by Crippen LogP contribution is 2.35. The number of aliphatic hydroxyl groups excluding tert-OH is 1. The number of hydrogen-bond acceptors (Lipinski definition) is 6. The lowest BCUT2D eigenvalue weighted by atomic mass is 9.93. The summed E-state index contributed by atoms with van der Waals surface area (Å²) in [6.07, 6.45) is 9.67. The topological polar surface area (TPSA) is 68.3 Å². The molecule has 0 radical (unpaired) electrons. The monoisotopic (exact) mass is 484 g/mol. The first kappa shape index (κ1) is 25.0. The first-order valence-corrected chi connectivity index (χ1v) is 14.0. The second-order valence-corrected chi connectivity index (χ2v) is 11.2. The van der Waals surface area contributed by atoms with E-state index in [1.807, 2.05) is 17.0 Å². The summed E-state index contributed by atoms with van der Waals surface area (Å²) in [4.78, 5) is 20.0. The van der Waals surface area contributed by atoms with E-state index in [0.29, 0.717) is 18.1 Å². The van der Waals surface area contributed by atoms with Gasteiger partial charge in [-0.1, -0.05) is 12.8 Å². The minimum absolute atomic E-state index is 0.0960. The molecule has 35 heavy (non-hydrogen) atoms. The molecule has 5 rings (SSSR count). The molecule has 194 valence electrons. The molecule has 0 bridgehead atoms. The summed E-state index contributed by atoms with van der Waals surface area (Å²) >= 11 is 0. The fraction of sp³-hybridized carbons (Fsp3) is 0.750. The van der Waals surface area contributed by atoms with Crippen LogP contribution in [-0.4, -0.2) is 98.0 Å². The zero-order chi connectivity index (χ0) is 24.1. The van der Waals surface area contributed by atoms with E-state index in [0.717, 1.165) is 83.7 Å². The van der Waals surface area contributed by atoms with Crippen molar-refractivity contribution in [2.75, 3.05) is 70.5 Å². The number of carbonyl (C=O) groups excluding carboxylic acids is 1. The van der Waals surface area contributed by atoms with Gasteiger partial charge in [-0.3, -0.25) is 9.69 Å². The van der Waals surface area contributed by atoms with Crippen LogP contribution in [0.4, 0.5) is 5.69 Å². The highest BCUT2D eigenvalue weighted by atomic mass is 16.5. The van der Waals surface area contributed by atoms with Gasteiger partial charge in [0.2, 0.25) is 0 Å². The Hall–Kier alpha value is -1.67. The Balaban J connectivity index is 1.10. The molecule has 4 aliphatic rings. The van der Waals surface area contributed by atoms with E-state index in [2.05, 4.69) is 27.2 Å². The quantitative estimate of drug-likeness (QED) is 0.620. The van der Waals surface area contributed by atoms with Crippen molar-refractivity contribution < 1.29 is 14.6 Å². The number of likely N-dealkylation sites (tertiary alicyclic amines) is 1. The van der Waals surface area contributed by atoms with Gasteiger partial charge in [0.1, 0.15) is 0 Å². The Kier molecular flexibility index (Phi) is 8.28. The summed E-state index contributed by atoms with van der Waals surface area (Å²) in [5, 5.41) is 13.4. The summed E-state index contributed by atoms with van der Waals surface area (Å²) in [5.41, 5.74) is 2.32. The van der Waals surface area contributed by atoms with Crippen LogP contribution in [0.5, 0.6) is 0 Å². The molecule has 4 fully saturated rings. The summed E-state index contributed by atoms with van der Waals surface area (Å²) in [7, 11) is 0. The van der Waals surface area contributed by atoms with E-state index in [-0.39, 0.29) is 18.4 Å². The standard InChI is InChI=1S/C28H44N4O3/c33-21-23-4-3-13-31(20-23)27(34)24-5-7-26(8-6-24)30-14-9-25(10-15-30)29-22-28(11-1-2-12-28)32-16-18-35-19-17-32/h5-8,23,25,29,33H,1-4,9-22H2/t23-/m1/s1. The number of anilines is 1. The predicted molar refractivity (Wildman–Crippen MR) is 139 cm³/mol. The summed E-state index contributed by atoms with van der Waals surface area (Å²) in [6.45, 7) is 8.78. The summed E-state index contributed by atoms with van der Waals surface area (Å²) < 4.78 is 5.61. The second kappa shape index (κ2) is 11.6. The smallest absolute Gasteiger partial charge is 0.253 e. The van der Waals surface area contributed by atoms with Crippen LogP contribution in [0, 0.1) is 5.92 Å². The minimum atomic E-state index is 0.0960. The van der Waals surface area contributed by atoms with Crippen LogP contribution in [0.25, 0.3) is 0 Å². The number of ether oxygens (including phenoxy) is 1. The maximum absolute atomic E-state index is 12.9. The van der Waals surface area contributed by atoms with Gasteiger partial charge in [-0.2, -0.15) is 0 Å². The molecule has 1 amide bonds. The highest BCUT2D eigenvalue weighted by Gasteiger charge is 2.40. The molecular formula is C28H44N4O3. The maximum atomic E-state index is 12.9. The van der Waals surface area contributed by atoms with Crippen LogP contribution in [0.3, 0.4) is 0 Å². The molecule has 2 N–H and O–H groups in total. The molecule has 3 heterocycles. The first-order chi connectivity index (χ1) is 17.2. The van der Waals surface area contributed by atoms with E-state index in [4.69, 9.17) is 4.74 Å². The highest BCUT2D eigenvalue weighted by molar-refractivity contribution is 5.94. The van der Waals surface area contributed by atoms with Gasteiger partial charge in [-0.25, -0.2) is 0 Å². The van der Waals surface area contributed by atoms with Crippen LogP contribution >= 0.6 is 0 Å². The number of hydrogen-bond donors (Lipinski definition) is 2. The number of rotatable bonds is 7. The van der Waals surface area contributed by atoms with Crippen LogP contribution in [0.1, 0.15) is 61.7 Å². The number of aliphatic hydroxyl groups is 1. The van der Waals surface area contributed by atoms with E-state index in [9.17, 15) is 9.90 Å². The van der Waals surface area contributed by atoms with Crippen molar-refractivity contribution in [3.8, 4) is 0 Å². The van der Waals surface area contributed by atoms with Crippen molar-refractivity contribution >= 4 is 11.6 Å². The number of carbonyl (C=O) groups is 1. The van der Waals surface area contributed by atoms with Crippen LogP contribution in [-0.2, 0) is 4.74 Å². The molecular weight excluding hydrogens is 440 g/mol. The molecule has 1 aromatic rings. The second-order valence-electron chi connectivity index (χ2n) is 11.2. The van der Waals surface area contributed by atoms with Gasteiger partial charge in [0, 0.05) is 75.3 Å². The molecule has 1 aromatic carbocycles. The molecule has 7 heteroatoms. The third-order valence-electron chi connectivity index (χ3n) is 8.97. The lowest BCUT2D eigenvalue weighted by molar-refractivity contribution is -0.0214. The number of piperidine rings is 2. The third-order valence-corrected chi connectivity index (χ3v) is 8.97. The van der Waals surface area contributed by atoms with Gasteiger partial charge in [-0.05, 0) is 68.7 Å². The Morgan fingerprint density at radius 3 is 2.37 bits per heavy atom. The van der Waals surface area contributed by atoms with Crippen molar-refractivity contribution in [1.29, 1.82) is 0 Å². The summed E-state index contributed by atoms with van der Waals surface area (Å²) in [6, 6.07) is 8.78. The molecule has 3 aliphatic heterocycles. The van der Waals surface area contributed by atoms with Crippen LogP contribution in [0.15, 0.2) is 24.3 Å². The van der Waals surface area contributed by atoms with Crippen molar-refractivity contribution in [2.45, 2.75) is 62.9 Å². The molecule has 0 aromatic heterocycles. The number of nitrogens with zero attached hydrogens (tertiary/aromatic N) is 3. The number of amides is 1. The Morgan fingerprint density at radius 2 is 1.69 bits per heavy atom. The van der Waals surface area contributed by atoms with Gasteiger partial charge >= 0.3 is 0 Å². The molecule has 1 aliphatic carbocycles. The molecule has 3 saturated heterocycles. The van der Waals surface area contributed by atoms with Gasteiger partial charge in [0.05, 0.1) is 13.2 Å². The van der Waals surface area contributed by atoms with Gasteiger partial charge in [0.15, 0.2) is 0 Å². The SMILES string of the molecule is O=C(c1ccc(N2CCC(NCC3(N4CCOCC4)CCCC3)CC2)cc1)N1CCC[C@@H](CO)C1. The van der Waals surface area contributed by atoms with Crippen molar-refractivity contribution in [3.63, 3.8) is 0 Å². The van der Waals surface area contributed by atoms with E-state index >= 15 is 0 Å². The first-order valence-electron chi connectivity index (χ1n) is 14.0. The number of benzene rings is 1. The van der Waals surface area contributed by atoms with Crippen LogP contribution < -0.4 is 10.2 Å². The predicted octanol–water partition coefficient (Wildman–Crippen LogP) is 2.73. The summed E-state index contributed by atoms with van der Waals surface area (Å²) in [5.74, 6) is 0.318. The third kappa shape index (κ3) is 5.85. The molecule has 1 saturated carbocycles. The van der Waals surface area contributed by atoms with Gasteiger partial charge in [-0.15, -0.1) is 0 Å². The minimum Gasteiger partial charge on any atom is -0.396 e. The average Bonchev–Trinajstić information content (AvgIpc) is 3.43. The van der Waals surface area contributed by atoms with Crippen LogP contribution in [0.2, 0.25) is 0 Å². The Bertz CT molecular complexity index is 812. The molecule has 0 spiro atoms. The normalized spacial score (nSPS) is 26.3. The van der Waals surface area contributed by atoms with E-state index in [1.165, 1.54) is 31.4 Å². The fourth-order valence-electron chi connectivity index (χ4n) is 6.75. The maximum Gasteiger partial charge on any atom is 0.253 e. The Morgan fingerprint density at radius 1 is 0.971 bits per heavy atom. The largest absolute Gasteiger partial charge is 0.396 e. The average molecular weight is 485 g/mol. The zero-order valence-electron chi connectivity index (χ0n) is 21.3. The Labute approximate surface area is 210 Å². The fourth-order valence-corrected chi connectivity index (χ4v) is 6.75. The van der Waals surface area contributed by atoms with Gasteiger partial charge < -0.3 is 25.0 Å².